The molecule has 4 nitrogen and oxygen atoms in total. The lowest BCUT2D eigenvalue weighted by Crippen LogP contribution is -2.52. The average Bonchev–Trinajstić information content (AvgIpc) is 3.10. The number of allylic oxidation sites excluding steroid dienone is 3. The molecule has 2 saturated heterocycles. The maximum absolute atomic E-state index is 6.33. The molecule has 2 aliphatic heterocycles. The first-order valence-corrected chi connectivity index (χ1v) is 14.9. The quantitative estimate of drug-likeness (QED) is 0.330. The van der Waals surface area contributed by atoms with Crippen molar-refractivity contribution in [3.8, 4) is 0 Å². The van der Waals surface area contributed by atoms with E-state index in [0.29, 0.717) is 17.9 Å². The van der Waals surface area contributed by atoms with Crippen molar-refractivity contribution in [2.75, 3.05) is 38.4 Å². The first-order valence-electron chi connectivity index (χ1n) is 12.2. The Labute approximate surface area is 194 Å². The van der Waals surface area contributed by atoms with Gasteiger partial charge in [0.2, 0.25) is 0 Å². The van der Waals surface area contributed by atoms with Crippen LogP contribution in [0, 0.1) is 22.7 Å². The number of ether oxygens (including phenoxy) is 4. The summed E-state index contributed by atoms with van der Waals surface area (Å²) < 4.78 is 24.9. The van der Waals surface area contributed by atoms with Gasteiger partial charge in [0.25, 0.3) is 0 Å². The lowest BCUT2D eigenvalue weighted by molar-refractivity contribution is -0.157. The summed E-state index contributed by atoms with van der Waals surface area (Å²) in [4.78, 5) is 0. The van der Waals surface area contributed by atoms with E-state index in [4.69, 9.17) is 18.9 Å². The van der Waals surface area contributed by atoms with E-state index in [9.17, 15) is 0 Å². The van der Waals surface area contributed by atoms with Crippen molar-refractivity contribution < 1.29 is 18.9 Å². The molecule has 31 heavy (non-hydrogen) atoms. The monoisotopic (exact) mass is 464 g/mol. The highest BCUT2D eigenvalue weighted by Gasteiger charge is 2.61. The van der Waals surface area contributed by atoms with E-state index >= 15 is 0 Å². The lowest BCUT2D eigenvalue weighted by atomic mass is 9.50. The molecule has 0 aromatic heterocycles. The zero-order valence-corrected chi connectivity index (χ0v) is 20.5. The molecule has 2 saturated carbocycles. The Hall–Kier alpha value is 0.0200. The number of fused-ring (bicyclic) bond motifs is 8. The van der Waals surface area contributed by atoms with Gasteiger partial charge in [0.1, 0.15) is 6.10 Å². The maximum atomic E-state index is 6.33. The van der Waals surface area contributed by atoms with Crippen LogP contribution >= 0.6 is 21.6 Å². The van der Waals surface area contributed by atoms with Gasteiger partial charge in [0.15, 0.2) is 0 Å². The molecule has 0 aromatic rings. The Balaban J connectivity index is 1.37. The molecule has 4 fully saturated rings. The summed E-state index contributed by atoms with van der Waals surface area (Å²) >= 11 is 0. The minimum atomic E-state index is 0.159. The van der Waals surface area contributed by atoms with Gasteiger partial charge in [-0.05, 0) is 56.6 Å². The van der Waals surface area contributed by atoms with E-state index in [0.717, 1.165) is 39.3 Å². The molecule has 2 heterocycles. The largest absolute Gasteiger partial charge is 0.373 e. The summed E-state index contributed by atoms with van der Waals surface area (Å²) in [6.07, 6.45) is 15.4. The van der Waals surface area contributed by atoms with Crippen LogP contribution in [0.25, 0.3) is 0 Å². The van der Waals surface area contributed by atoms with Crippen molar-refractivity contribution in [2.24, 2.45) is 22.7 Å². The minimum absolute atomic E-state index is 0.159. The molecule has 0 spiro atoms. The van der Waals surface area contributed by atoms with E-state index in [1.54, 1.807) is 11.1 Å². The van der Waals surface area contributed by atoms with Crippen molar-refractivity contribution in [1.29, 1.82) is 0 Å². The van der Waals surface area contributed by atoms with E-state index in [1.807, 2.05) is 21.6 Å². The molecule has 0 N–H and O–H groups in total. The first kappa shape index (κ1) is 21.5. The molecule has 8 atom stereocenters. The highest BCUT2D eigenvalue weighted by Crippen LogP contribution is 2.65. The van der Waals surface area contributed by atoms with Gasteiger partial charge in [0.05, 0.1) is 44.7 Å². The molecule has 4 aliphatic carbocycles. The number of rotatable bonds is 4. The fraction of sp³-hybridized carbons (Fsp3) is 0.840. The molecular formula is C25H36O4S2. The molecule has 6 heteroatoms. The molecule has 0 amide bonds. The zero-order chi connectivity index (χ0) is 21.1. The van der Waals surface area contributed by atoms with Gasteiger partial charge in [-0.3, -0.25) is 0 Å². The van der Waals surface area contributed by atoms with Crippen LogP contribution in [0.15, 0.2) is 23.3 Å². The fourth-order valence-corrected chi connectivity index (χ4v) is 9.34. The van der Waals surface area contributed by atoms with Gasteiger partial charge in [-0.25, -0.2) is 0 Å². The molecular weight excluding hydrogens is 428 g/mol. The van der Waals surface area contributed by atoms with Crippen LogP contribution in [0.1, 0.15) is 45.4 Å². The van der Waals surface area contributed by atoms with Crippen molar-refractivity contribution in [3.05, 3.63) is 23.3 Å². The molecule has 6 aliphatic rings. The van der Waals surface area contributed by atoms with Crippen molar-refractivity contribution in [1.82, 2.24) is 0 Å². The van der Waals surface area contributed by atoms with E-state index in [1.165, 1.54) is 31.4 Å². The van der Waals surface area contributed by atoms with Crippen LogP contribution in [0.3, 0.4) is 0 Å². The summed E-state index contributed by atoms with van der Waals surface area (Å²) in [7, 11) is 3.90. The van der Waals surface area contributed by atoms with Crippen molar-refractivity contribution in [3.63, 3.8) is 0 Å². The fourth-order valence-electron chi connectivity index (χ4n) is 7.99. The zero-order valence-electron chi connectivity index (χ0n) is 18.8. The summed E-state index contributed by atoms with van der Waals surface area (Å²) in [6, 6.07) is 0. The topological polar surface area (TPSA) is 36.9 Å². The van der Waals surface area contributed by atoms with Gasteiger partial charge >= 0.3 is 0 Å². The third-order valence-electron chi connectivity index (χ3n) is 9.31. The third kappa shape index (κ3) is 3.34. The summed E-state index contributed by atoms with van der Waals surface area (Å²) in [5, 5.41) is 0. The Morgan fingerprint density at radius 3 is 2.74 bits per heavy atom. The predicted octanol–water partition coefficient (Wildman–Crippen LogP) is 5.04. The van der Waals surface area contributed by atoms with Gasteiger partial charge < -0.3 is 18.9 Å². The van der Waals surface area contributed by atoms with Crippen LogP contribution in [0.5, 0.6) is 0 Å². The highest BCUT2D eigenvalue weighted by molar-refractivity contribution is 8.76. The second-order valence-corrected chi connectivity index (χ2v) is 13.2. The van der Waals surface area contributed by atoms with E-state index in [-0.39, 0.29) is 29.1 Å². The Bertz CT molecular complexity index is 769. The molecule has 0 aromatic carbocycles. The highest BCUT2D eigenvalue weighted by atomic mass is 33.1. The van der Waals surface area contributed by atoms with Gasteiger partial charge in [-0.2, -0.15) is 0 Å². The Morgan fingerprint density at radius 2 is 1.87 bits per heavy atom. The predicted molar refractivity (Wildman–Crippen MR) is 126 cm³/mol. The smallest absolute Gasteiger partial charge is 0.102 e. The SMILES string of the molecule is CSSCC[C@]12CC3OCCOC3C=C1CC[C@@H]1C2=CC[C@]2(C)C3OCCOC3C[C@@H]12. The maximum Gasteiger partial charge on any atom is 0.102 e. The molecule has 0 radical (unpaired) electrons. The lowest BCUT2D eigenvalue weighted by Gasteiger charge is -2.56. The second-order valence-electron chi connectivity index (χ2n) is 10.5. The molecule has 4 unspecified atom stereocenters. The molecule has 6 rings (SSSR count). The first-order chi connectivity index (χ1) is 15.2. The van der Waals surface area contributed by atoms with Crippen molar-refractivity contribution in [2.45, 2.75) is 69.9 Å². The van der Waals surface area contributed by atoms with Crippen LogP contribution in [0.4, 0.5) is 0 Å². The summed E-state index contributed by atoms with van der Waals surface area (Å²) in [5.74, 6) is 2.53. The summed E-state index contributed by atoms with van der Waals surface area (Å²) in [6.45, 7) is 5.47. The normalized spacial score (nSPS) is 48.5. The average molecular weight is 465 g/mol. The Kier molecular flexibility index (Phi) is 5.80. The van der Waals surface area contributed by atoms with Gasteiger partial charge in [-0.1, -0.05) is 51.8 Å². The van der Waals surface area contributed by atoms with Crippen LogP contribution in [-0.2, 0) is 18.9 Å². The standard InChI is InChI=1S/C25H36O4S2/c1-24-6-5-18-17(19(24)14-21-23(24)29-11-10-27-21)4-3-16-13-20-22(28-9-8-26-20)15-25(16,18)7-12-31-30-2/h5,13,17,19-23H,3-4,6-12,14-15H2,1-2H3/t17-,19+,20?,21?,22?,23?,24+,25+/m1/s1. The minimum Gasteiger partial charge on any atom is -0.373 e. The van der Waals surface area contributed by atoms with Gasteiger partial charge in [-0.15, -0.1) is 0 Å². The Morgan fingerprint density at radius 1 is 1.06 bits per heavy atom. The second kappa shape index (κ2) is 8.35. The van der Waals surface area contributed by atoms with E-state index in [2.05, 4.69) is 25.3 Å². The van der Waals surface area contributed by atoms with E-state index < -0.39 is 0 Å². The van der Waals surface area contributed by atoms with Crippen LogP contribution < -0.4 is 0 Å². The molecule has 172 valence electrons. The number of hydrogen-bond acceptors (Lipinski definition) is 6. The van der Waals surface area contributed by atoms with Gasteiger partial charge in [0, 0.05) is 16.6 Å². The summed E-state index contributed by atoms with van der Waals surface area (Å²) in [5.41, 5.74) is 3.78. The van der Waals surface area contributed by atoms with Crippen molar-refractivity contribution >= 4 is 21.6 Å². The third-order valence-corrected chi connectivity index (χ3v) is 11.1. The molecule has 0 bridgehead atoms. The van der Waals surface area contributed by atoms with Crippen LogP contribution in [-0.4, -0.2) is 62.9 Å². The van der Waals surface area contributed by atoms with Crippen LogP contribution in [0.2, 0.25) is 0 Å². The number of hydrogen-bond donors (Lipinski definition) is 0.